The molecule has 132 valence electrons. The SMILES string of the molecule is Cc1cc2c(N3CCN(c4c(F)cc(C#N)cc4F)CC3)ncnc2s1. The van der Waals surface area contributed by atoms with Gasteiger partial charge in [0.1, 0.15) is 22.7 Å². The second kappa shape index (κ2) is 6.50. The molecule has 0 bridgehead atoms. The second-order valence-electron chi connectivity index (χ2n) is 6.15. The van der Waals surface area contributed by atoms with Crippen LogP contribution in [-0.2, 0) is 0 Å². The van der Waals surface area contributed by atoms with Gasteiger partial charge in [-0.1, -0.05) is 0 Å². The lowest BCUT2D eigenvalue weighted by molar-refractivity contribution is 0.555. The Morgan fingerprint density at radius 1 is 1.04 bits per heavy atom. The molecule has 26 heavy (non-hydrogen) atoms. The molecular weight excluding hydrogens is 356 g/mol. The molecular formula is C18H15F2N5S. The molecule has 3 aromatic rings. The number of piperazine rings is 1. The van der Waals surface area contributed by atoms with E-state index < -0.39 is 11.6 Å². The molecule has 1 aromatic carbocycles. The quantitative estimate of drug-likeness (QED) is 0.690. The molecule has 0 unspecified atom stereocenters. The number of aromatic nitrogens is 2. The molecule has 1 saturated heterocycles. The Kier molecular flexibility index (Phi) is 4.17. The Morgan fingerprint density at radius 2 is 1.69 bits per heavy atom. The maximum Gasteiger partial charge on any atom is 0.150 e. The predicted molar refractivity (Wildman–Crippen MR) is 97.7 cm³/mol. The van der Waals surface area contributed by atoms with Gasteiger partial charge in [0.25, 0.3) is 0 Å². The summed E-state index contributed by atoms with van der Waals surface area (Å²) in [4.78, 5) is 14.6. The van der Waals surface area contributed by atoms with Crippen LogP contribution >= 0.6 is 11.3 Å². The summed E-state index contributed by atoms with van der Waals surface area (Å²) in [6.45, 7) is 4.16. The molecule has 0 N–H and O–H groups in total. The maximum absolute atomic E-state index is 14.2. The van der Waals surface area contributed by atoms with Crippen LogP contribution in [0.25, 0.3) is 10.2 Å². The van der Waals surface area contributed by atoms with Crippen LogP contribution in [0.4, 0.5) is 20.3 Å². The Hall–Kier alpha value is -2.79. The smallest absolute Gasteiger partial charge is 0.150 e. The second-order valence-corrected chi connectivity index (χ2v) is 7.38. The molecule has 0 atom stereocenters. The minimum atomic E-state index is -0.701. The first kappa shape index (κ1) is 16.7. The Balaban J connectivity index is 1.57. The lowest BCUT2D eigenvalue weighted by Gasteiger charge is -2.37. The van der Waals surface area contributed by atoms with Crippen molar-refractivity contribution in [1.82, 2.24) is 9.97 Å². The monoisotopic (exact) mass is 371 g/mol. The van der Waals surface area contributed by atoms with Crippen molar-refractivity contribution in [1.29, 1.82) is 5.26 Å². The highest BCUT2D eigenvalue weighted by molar-refractivity contribution is 7.18. The molecule has 8 heteroatoms. The number of fused-ring (bicyclic) bond motifs is 1. The molecule has 2 aromatic heterocycles. The molecule has 1 fully saturated rings. The van der Waals surface area contributed by atoms with Crippen LogP contribution in [0.15, 0.2) is 24.5 Å². The zero-order valence-electron chi connectivity index (χ0n) is 14.0. The van der Waals surface area contributed by atoms with Gasteiger partial charge < -0.3 is 9.80 Å². The highest BCUT2D eigenvalue weighted by Crippen LogP contribution is 2.31. The standard InChI is InChI=1S/C18H15F2N5S/c1-11-6-13-17(22-10-23-18(13)26-11)25-4-2-24(3-5-25)16-14(19)7-12(9-21)8-15(16)20/h6-8,10H,2-5H2,1H3. The average Bonchev–Trinajstić information content (AvgIpc) is 3.01. The Labute approximate surface area is 153 Å². The van der Waals surface area contributed by atoms with E-state index in [0.717, 1.165) is 28.2 Å². The Bertz CT molecular complexity index is 995. The number of benzene rings is 1. The number of hydrogen-bond donors (Lipinski definition) is 0. The van der Waals surface area contributed by atoms with Crippen molar-refractivity contribution in [2.24, 2.45) is 0 Å². The van der Waals surface area contributed by atoms with Crippen molar-refractivity contribution < 1.29 is 8.78 Å². The lowest BCUT2D eigenvalue weighted by Crippen LogP contribution is -2.47. The fourth-order valence-electron chi connectivity index (χ4n) is 3.29. The van der Waals surface area contributed by atoms with Crippen LogP contribution in [-0.4, -0.2) is 36.1 Å². The zero-order valence-corrected chi connectivity index (χ0v) is 14.9. The van der Waals surface area contributed by atoms with E-state index in [0.29, 0.717) is 26.2 Å². The van der Waals surface area contributed by atoms with E-state index in [1.807, 2.05) is 6.92 Å². The highest BCUT2D eigenvalue weighted by atomic mass is 32.1. The highest BCUT2D eigenvalue weighted by Gasteiger charge is 2.25. The van der Waals surface area contributed by atoms with Crippen molar-refractivity contribution in [3.63, 3.8) is 0 Å². The summed E-state index contributed by atoms with van der Waals surface area (Å²) in [5.74, 6) is -0.541. The first-order chi connectivity index (χ1) is 12.6. The lowest BCUT2D eigenvalue weighted by atomic mass is 10.1. The van der Waals surface area contributed by atoms with Gasteiger partial charge in [0.05, 0.1) is 17.0 Å². The average molecular weight is 371 g/mol. The van der Waals surface area contributed by atoms with E-state index in [2.05, 4.69) is 20.9 Å². The van der Waals surface area contributed by atoms with Crippen LogP contribution in [0.5, 0.6) is 0 Å². The van der Waals surface area contributed by atoms with Crippen molar-refractivity contribution in [3.05, 3.63) is 46.6 Å². The number of rotatable bonds is 2. The van der Waals surface area contributed by atoms with E-state index in [1.54, 1.807) is 28.6 Å². The van der Waals surface area contributed by atoms with Gasteiger partial charge in [-0.2, -0.15) is 5.26 Å². The molecule has 0 aliphatic carbocycles. The van der Waals surface area contributed by atoms with Gasteiger partial charge in [0.15, 0.2) is 11.6 Å². The topological polar surface area (TPSA) is 56.0 Å². The number of thiophene rings is 1. The van der Waals surface area contributed by atoms with Crippen molar-refractivity contribution in [2.45, 2.75) is 6.92 Å². The Morgan fingerprint density at radius 3 is 2.35 bits per heavy atom. The molecule has 0 spiro atoms. The third-order valence-electron chi connectivity index (χ3n) is 4.47. The van der Waals surface area contributed by atoms with Gasteiger partial charge in [-0.05, 0) is 25.1 Å². The summed E-state index contributed by atoms with van der Waals surface area (Å²) in [5.41, 5.74) is -0.0820. The van der Waals surface area contributed by atoms with Crippen molar-refractivity contribution in [2.75, 3.05) is 36.0 Å². The van der Waals surface area contributed by atoms with E-state index >= 15 is 0 Å². The third kappa shape index (κ3) is 2.84. The fraction of sp³-hybridized carbons (Fsp3) is 0.278. The number of nitriles is 1. The largest absolute Gasteiger partial charge is 0.363 e. The van der Waals surface area contributed by atoms with Crippen LogP contribution in [0.1, 0.15) is 10.4 Å². The van der Waals surface area contributed by atoms with E-state index in [4.69, 9.17) is 5.26 Å². The fourth-order valence-corrected chi connectivity index (χ4v) is 4.13. The number of halogens is 2. The summed E-state index contributed by atoms with van der Waals surface area (Å²) in [6, 6.07) is 5.99. The summed E-state index contributed by atoms with van der Waals surface area (Å²) in [5, 5.41) is 9.84. The van der Waals surface area contributed by atoms with Crippen LogP contribution in [0.2, 0.25) is 0 Å². The predicted octanol–water partition coefficient (Wildman–Crippen LogP) is 3.48. The minimum Gasteiger partial charge on any atom is -0.363 e. The molecule has 1 aliphatic heterocycles. The summed E-state index contributed by atoms with van der Waals surface area (Å²) in [6.07, 6.45) is 1.56. The molecule has 4 rings (SSSR count). The van der Waals surface area contributed by atoms with E-state index in [1.165, 1.54) is 4.88 Å². The summed E-state index contributed by atoms with van der Waals surface area (Å²) in [7, 11) is 0. The molecule has 5 nitrogen and oxygen atoms in total. The van der Waals surface area contributed by atoms with Crippen LogP contribution < -0.4 is 9.80 Å². The molecule has 1 aliphatic rings. The number of anilines is 2. The normalized spacial score (nSPS) is 14.7. The first-order valence-electron chi connectivity index (χ1n) is 8.17. The van der Waals surface area contributed by atoms with Gasteiger partial charge >= 0.3 is 0 Å². The number of aryl methyl sites for hydroxylation is 1. The molecule has 0 saturated carbocycles. The molecule has 0 radical (unpaired) electrons. The number of nitrogens with zero attached hydrogens (tertiary/aromatic N) is 5. The zero-order chi connectivity index (χ0) is 18.3. The van der Waals surface area contributed by atoms with Gasteiger partial charge in [0.2, 0.25) is 0 Å². The van der Waals surface area contributed by atoms with Crippen LogP contribution in [0, 0.1) is 29.9 Å². The molecule has 0 amide bonds. The van der Waals surface area contributed by atoms with Gasteiger partial charge in [-0.3, -0.25) is 0 Å². The van der Waals surface area contributed by atoms with Crippen molar-refractivity contribution in [3.8, 4) is 6.07 Å². The van der Waals surface area contributed by atoms with E-state index in [9.17, 15) is 8.78 Å². The van der Waals surface area contributed by atoms with Gasteiger partial charge in [0, 0.05) is 31.1 Å². The third-order valence-corrected chi connectivity index (χ3v) is 5.43. The van der Waals surface area contributed by atoms with E-state index in [-0.39, 0.29) is 11.3 Å². The maximum atomic E-state index is 14.2. The first-order valence-corrected chi connectivity index (χ1v) is 8.98. The van der Waals surface area contributed by atoms with Crippen LogP contribution in [0.3, 0.4) is 0 Å². The summed E-state index contributed by atoms with van der Waals surface area (Å²) < 4.78 is 28.5. The van der Waals surface area contributed by atoms with Crippen molar-refractivity contribution >= 4 is 33.1 Å². The minimum absolute atomic E-state index is 0.0152. The number of hydrogen-bond acceptors (Lipinski definition) is 6. The summed E-state index contributed by atoms with van der Waals surface area (Å²) >= 11 is 1.62. The van der Waals surface area contributed by atoms with Gasteiger partial charge in [-0.15, -0.1) is 11.3 Å². The molecule has 3 heterocycles. The van der Waals surface area contributed by atoms with Gasteiger partial charge in [-0.25, -0.2) is 18.7 Å².